The van der Waals surface area contributed by atoms with Gasteiger partial charge in [-0.2, -0.15) is 0 Å². The molecule has 4 N–H and O–H groups in total. The van der Waals surface area contributed by atoms with Crippen molar-refractivity contribution in [1.29, 1.82) is 0 Å². The molecule has 1 heterocycles. The number of carbonyl (C=O) groups is 4. The summed E-state index contributed by atoms with van der Waals surface area (Å²) in [6.45, 7) is 5.12. The molecular weight excluding hydrogens is 378 g/mol. The normalized spacial score (nSPS) is 17.1. The number of nitrogens with two attached hydrogens (primary N) is 1. The number of carbonyl (C=O) groups excluding carboxylic acids is 3. The largest absolute Gasteiger partial charge is 0.480 e. The average Bonchev–Trinajstić information content (AvgIpc) is 2.61. The Balaban J connectivity index is 2.26. The maximum absolute atomic E-state index is 13.2. The first-order chi connectivity index (χ1) is 13.5. The third-order valence-electron chi connectivity index (χ3n) is 4.49. The molecule has 0 radical (unpaired) electrons. The van der Waals surface area contributed by atoms with Crippen molar-refractivity contribution in [3.05, 3.63) is 35.4 Å². The molecular formula is C20H27N3O6. The van der Waals surface area contributed by atoms with Gasteiger partial charge in [-0.05, 0) is 38.3 Å². The Morgan fingerprint density at radius 3 is 2.41 bits per heavy atom. The van der Waals surface area contributed by atoms with Crippen molar-refractivity contribution in [3.8, 4) is 0 Å². The smallest absolute Gasteiger partial charge is 0.408 e. The van der Waals surface area contributed by atoms with Gasteiger partial charge in [0.25, 0.3) is 0 Å². The summed E-state index contributed by atoms with van der Waals surface area (Å²) in [5, 5.41) is 12.1. The Kier molecular flexibility index (Phi) is 6.84. The first-order valence-corrected chi connectivity index (χ1v) is 9.36. The Labute approximate surface area is 169 Å². The van der Waals surface area contributed by atoms with Crippen LogP contribution in [0.15, 0.2) is 24.3 Å². The molecule has 0 saturated carbocycles. The number of carboxylic acid groups (broad SMARTS) is 1. The number of nitrogens with zero attached hydrogens (tertiary/aromatic N) is 1. The molecule has 29 heavy (non-hydrogen) atoms. The third-order valence-corrected chi connectivity index (χ3v) is 4.49. The number of ether oxygens (including phenoxy) is 1. The molecule has 0 fully saturated rings. The standard InChI is InChI=1S/C20H27N3O6/c1-20(2,3)29-19(28)22-14(8-9-16(21)24)17(25)23-11-13-7-5-4-6-12(13)10-15(23)18(26)27/h4-7,14-15H,8-11H2,1-3H3,(H2,21,24)(H,22,28)(H,26,27)/t14?,15-/m0/s1. The number of fused-ring (bicyclic) bond motifs is 1. The maximum atomic E-state index is 13.2. The monoisotopic (exact) mass is 405 g/mol. The minimum atomic E-state index is -1.14. The molecule has 3 amide bonds. The molecule has 1 aliphatic rings. The second kappa shape index (κ2) is 8.93. The zero-order valence-electron chi connectivity index (χ0n) is 16.8. The zero-order chi connectivity index (χ0) is 21.8. The van der Waals surface area contributed by atoms with E-state index in [4.69, 9.17) is 10.5 Å². The van der Waals surface area contributed by atoms with E-state index in [0.717, 1.165) is 11.1 Å². The van der Waals surface area contributed by atoms with Gasteiger partial charge in [-0.3, -0.25) is 9.59 Å². The average molecular weight is 405 g/mol. The summed E-state index contributed by atoms with van der Waals surface area (Å²) < 4.78 is 5.19. The predicted octanol–water partition coefficient (Wildman–Crippen LogP) is 1.18. The Morgan fingerprint density at radius 1 is 1.24 bits per heavy atom. The first kappa shape index (κ1) is 22.2. The lowest BCUT2D eigenvalue weighted by molar-refractivity contribution is -0.152. The van der Waals surface area contributed by atoms with Gasteiger partial charge in [0, 0.05) is 19.4 Å². The van der Waals surface area contributed by atoms with E-state index in [0.29, 0.717) is 0 Å². The summed E-state index contributed by atoms with van der Waals surface area (Å²) >= 11 is 0. The van der Waals surface area contributed by atoms with Gasteiger partial charge in [0.05, 0.1) is 0 Å². The van der Waals surface area contributed by atoms with E-state index in [1.807, 2.05) is 24.3 Å². The summed E-state index contributed by atoms with van der Waals surface area (Å²) in [5.41, 5.74) is 6.10. The summed E-state index contributed by atoms with van der Waals surface area (Å²) in [7, 11) is 0. The molecule has 0 spiro atoms. The van der Waals surface area contributed by atoms with Crippen LogP contribution in [0.25, 0.3) is 0 Å². The fourth-order valence-electron chi connectivity index (χ4n) is 3.17. The van der Waals surface area contributed by atoms with Crippen LogP contribution in [0.5, 0.6) is 0 Å². The zero-order valence-corrected chi connectivity index (χ0v) is 16.8. The van der Waals surface area contributed by atoms with Crippen LogP contribution in [0.3, 0.4) is 0 Å². The van der Waals surface area contributed by atoms with Gasteiger partial charge in [0.1, 0.15) is 17.7 Å². The highest BCUT2D eigenvalue weighted by atomic mass is 16.6. The highest BCUT2D eigenvalue weighted by molar-refractivity contribution is 5.90. The number of hydrogen-bond acceptors (Lipinski definition) is 5. The molecule has 0 saturated heterocycles. The van der Waals surface area contributed by atoms with E-state index in [9.17, 15) is 24.3 Å². The van der Waals surface area contributed by atoms with Crippen molar-refractivity contribution >= 4 is 23.9 Å². The van der Waals surface area contributed by atoms with Gasteiger partial charge >= 0.3 is 12.1 Å². The van der Waals surface area contributed by atoms with Crippen LogP contribution in [-0.4, -0.2) is 51.6 Å². The molecule has 0 aromatic heterocycles. The number of primary amides is 1. The van der Waals surface area contributed by atoms with E-state index < -0.39 is 41.6 Å². The SMILES string of the molecule is CC(C)(C)OC(=O)NC(CCC(N)=O)C(=O)N1Cc2ccccc2C[C@H]1C(=O)O. The van der Waals surface area contributed by atoms with Crippen LogP contribution in [0.4, 0.5) is 4.79 Å². The van der Waals surface area contributed by atoms with E-state index in [2.05, 4.69) is 5.32 Å². The molecule has 1 aromatic carbocycles. The van der Waals surface area contributed by atoms with Crippen molar-refractivity contribution < 1.29 is 29.0 Å². The Morgan fingerprint density at radius 2 is 1.86 bits per heavy atom. The van der Waals surface area contributed by atoms with Crippen molar-refractivity contribution in [1.82, 2.24) is 10.2 Å². The van der Waals surface area contributed by atoms with Gasteiger partial charge in [-0.25, -0.2) is 9.59 Å². The third kappa shape index (κ3) is 6.20. The number of rotatable bonds is 6. The molecule has 158 valence electrons. The van der Waals surface area contributed by atoms with Gasteiger partial charge in [0.2, 0.25) is 11.8 Å². The predicted molar refractivity (Wildman–Crippen MR) is 104 cm³/mol. The van der Waals surface area contributed by atoms with Crippen LogP contribution in [0.1, 0.15) is 44.7 Å². The van der Waals surface area contributed by atoms with Crippen molar-refractivity contribution in [2.75, 3.05) is 0 Å². The molecule has 2 rings (SSSR count). The van der Waals surface area contributed by atoms with Crippen LogP contribution in [0.2, 0.25) is 0 Å². The lowest BCUT2D eigenvalue weighted by Gasteiger charge is -2.36. The number of nitrogens with one attached hydrogen (secondary N) is 1. The molecule has 2 atom stereocenters. The number of hydrogen-bond donors (Lipinski definition) is 3. The molecule has 0 aliphatic carbocycles. The van der Waals surface area contributed by atoms with Crippen molar-refractivity contribution in [2.24, 2.45) is 5.73 Å². The number of amides is 3. The van der Waals surface area contributed by atoms with E-state index >= 15 is 0 Å². The molecule has 1 aliphatic heterocycles. The Bertz CT molecular complexity index is 802. The quantitative estimate of drug-likeness (QED) is 0.649. The molecule has 1 aromatic rings. The second-order valence-corrected chi connectivity index (χ2v) is 8.00. The summed E-state index contributed by atoms with van der Waals surface area (Å²) in [5.74, 6) is -2.37. The van der Waals surface area contributed by atoms with Gasteiger partial charge in [-0.15, -0.1) is 0 Å². The number of aliphatic carboxylic acids is 1. The van der Waals surface area contributed by atoms with Crippen LogP contribution < -0.4 is 11.1 Å². The molecule has 9 nitrogen and oxygen atoms in total. The number of benzene rings is 1. The topological polar surface area (TPSA) is 139 Å². The Hall–Kier alpha value is -3.10. The minimum Gasteiger partial charge on any atom is -0.480 e. The lowest BCUT2D eigenvalue weighted by Crippen LogP contribution is -2.56. The van der Waals surface area contributed by atoms with Crippen LogP contribution >= 0.6 is 0 Å². The van der Waals surface area contributed by atoms with Crippen LogP contribution in [0, 0.1) is 0 Å². The highest BCUT2D eigenvalue weighted by Gasteiger charge is 2.38. The highest BCUT2D eigenvalue weighted by Crippen LogP contribution is 2.25. The first-order valence-electron chi connectivity index (χ1n) is 9.36. The van der Waals surface area contributed by atoms with Gasteiger partial charge in [0.15, 0.2) is 0 Å². The molecule has 0 bridgehead atoms. The second-order valence-electron chi connectivity index (χ2n) is 8.00. The fourth-order valence-corrected chi connectivity index (χ4v) is 3.17. The van der Waals surface area contributed by atoms with E-state index in [1.54, 1.807) is 20.8 Å². The van der Waals surface area contributed by atoms with Crippen molar-refractivity contribution in [3.63, 3.8) is 0 Å². The van der Waals surface area contributed by atoms with E-state index in [-0.39, 0.29) is 25.8 Å². The molecule has 1 unspecified atom stereocenters. The maximum Gasteiger partial charge on any atom is 0.408 e. The fraction of sp³-hybridized carbons (Fsp3) is 0.500. The van der Waals surface area contributed by atoms with Crippen molar-refractivity contribution in [2.45, 2.75) is 64.3 Å². The van der Waals surface area contributed by atoms with Gasteiger partial charge < -0.3 is 25.8 Å². The molecule has 9 heteroatoms. The summed E-state index contributed by atoms with van der Waals surface area (Å²) in [6.07, 6.45) is -0.872. The number of carboxylic acids is 1. The summed E-state index contributed by atoms with van der Waals surface area (Å²) in [4.78, 5) is 49.6. The van der Waals surface area contributed by atoms with Crippen LogP contribution in [-0.2, 0) is 32.1 Å². The van der Waals surface area contributed by atoms with Gasteiger partial charge in [-0.1, -0.05) is 24.3 Å². The summed E-state index contributed by atoms with van der Waals surface area (Å²) in [6, 6.07) is 5.07. The lowest BCUT2D eigenvalue weighted by atomic mass is 9.93. The number of alkyl carbamates (subject to hydrolysis) is 1. The minimum absolute atomic E-state index is 0.0576. The van der Waals surface area contributed by atoms with E-state index in [1.165, 1.54) is 4.90 Å².